The second kappa shape index (κ2) is 8.81. The van der Waals surface area contributed by atoms with Crippen LogP contribution < -0.4 is 20.1 Å². The van der Waals surface area contributed by atoms with E-state index in [9.17, 15) is 19.2 Å². The van der Waals surface area contributed by atoms with Gasteiger partial charge in [-0.15, -0.1) is 0 Å². The third-order valence-electron chi connectivity index (χ3n) is 5.37. The van der Waals surface area contributed by atoms with Crippen molar-refractivity contribution in [1.82, 2.24) is 10.2 Å². The largest absolute Gasteiger partial charge is 0.462 e. The number of nitrogens with zero attached hydrogens (tertiary/aromatic N) is 1. The van der Waals surface area contributed by atoms with Crippen LogP contribution in [0.3, 0.4) is 0 Å². The summed E-state index contributed by atoms with van der Waals surface area (Å²) in [5.74, 6) is -0.531. The van der Waals surface area contributed by atoms with Gasteiger partial charge in [-0.3, -0.25) is 14.5 Å². The van der Waals surface area contributed by atoms with Crippen molar-refractivity contribution in [3.8, 4) is 11.5 Å². The number of esters is 1. The fourth-order valence-corrected chi connectivity index (χ4v) is 3.56. The fraction of sp³-hybridized carbons (Fsp3) is 0.304. The molecule has 0 radical (unpaired) electrons. The lowest BCUT2D eigenvalue weighted by Crippen LogP contribution is -2.42. The predicted octanol–water partition coefficient (Wildman–Crippen LogP) is 2.39. The number of imide groups is 1. The minimum Gasteiger partial charge on any atom is -0.462 e. The van der Waals surface area contributed by atoms with Gasteiger partial charge in [-0.25, -0.2) is 9.59 Å². The Hall–Kier alpha value is -4.08. The molecule has 1 unspecified atom stereocenters. The number of hydrogen-bond donors (Lipinski definition) is 2. The summed E-state index contributed by atoms with van der Waals surface area (Å²) in [4.78, 5) is 50.8. The van der Waals surface area contributed by atoms with E-state index in [1.807, 2.05) is 6.92 Å². The number of urea groups is 1. The highest BCUT2D eigenvalue weighted by Crippen LogP contribution is 2.37. The summed E-state index contributed by atoms with van der Waals surface area (Å²) < 4.78 is 15.7. The van der Waals surface area contributed by atoms with E-state index in [0.717, 1.165) is 11.3 Å². The van der Waals surface area contributed by atoms with E-state index < -0.39 is 35.9 Å². The number of ether oxygens (including phenoxy) is 3. The summed E-state index contributed by atoms with van der Waals surface area (Å²) in [5, 5.41) is 5.27. The van der Waals surface area contributed by atoms with Gasteiger partial charge >= 0.3 is 12.0 Å². The Bertz CT molecular complexity index is 1120. The first-order valence-corrected chi connectivity index (χ1v) is 10.4. The molecule has 172 valence electrons. The van der Waals surface area contributed by atoms with Gasteiger partial charge in [0.1, 0.15) is 12.1 Å². The highest BCUT2D eigenvalue weighted by atomic mass is 16.7. The normalized spacial score (nSPS) is 18.8. The van der Waals surface area contributed by atoms with E-state index in [-0.39, 0.29) is 6.79 Å². The topological polar surface area (TPSA) is 123 Å². The maximum absolute atomic E-state index is 13.1. The Kier molecular flexibility index (Phi) is 5.91. The smallest absolute Gasteiger partial charge is 0.338 e. The lowest BCUT2D eigenvalue weighted by atomic mass is 9.91. The molecule has 4 rings (SSSR count). The SMILES string of the molecule is CCCOC(=O)c1ccc(NC(=O)CN2C(=O)NC(C)(c3ccc4c(c3)OCO4)C2=O)cc1. The summed E-state index contributed by atoms with van der Waals surface area (Å²) in [7, 11) is 0. The highest BCUT2D eigenvalue weighted by Gasteiger charge is 2.49. The van der Waals surface area contributed by atoms with Crippen LogP contribution in [0.15, 0.2) is 42.5 Å². The second-order valence-electron chi connectivity index (χ2n) is 7.78. The number of carbonyl (C=O) groups is 4. The predicted molar refractivity (Wildman–Crippen MR) is 116 cm³/mol. The third kappa shape index (κ3) is 4.32. The first-order valence-electron chi connectivity index (χ1n) is 10.4. The lowest BCUT2D eigenvalue weighted by molar-refractivity contribution is -0.133. The van der Waals surface area contributed by atoms with Crippen LogP contribution in [0.4, 0.5) is 10.5 Å². The van der Waals surface area contributed by atoms with Gasteiger partial charge in [0.15, 0.2) is 11.5 Å². The van der Waals surface area contributed by atoms with Gasteiger partial charge in [-0.1, -0.05) is 13.0 Å². The molecule has 2 aromatic carbocycles. The maximum atomic E-state index is 13.1. The molecule has 0 aliphatic carbocycles. The van der Waals surface area contributed by atoms with Crippen LogP contribution in [0.1, 0.15) is 36.2 Å². The molecule has 1 saturated heterocycles. The number of anilines is 1. The minimum atomic E-state index is -1.35. The van der Waals surface area contributed by atoms with Gasteiger partial charge in [0.25, 0.3) is 5.91 Å². The molecular weight excluding hydrogens is 430 g/mol. The molecule has 1 atom stereocenters. The molecule has 0 saturated carbocycles. The van der Waals surface area contributed by atoms with E-state index in [4.69, 9.17) is 14.2 Å². The highest BCUT2D eigenvalue weighted by molar-refractivity contribution is 6.10. The van der Waals surface area contributed by atoms with Crippen molar-refractivity contribution in [1.29, 1.82) is 0 Å². The Morgan fingerprint density at radius 1 is 1.12 bits per heavy atom. The van der Waals surface area contributed by atoms with Gasteiger partial charge < -0.3 is 24.8 Å². The van der Waals surface area contributed by atoms with Crippen LogP contribution in [0.5, 0.6) is 11.5 Å². The van der Waals surface area contributed by atoms with E-state index in [0.29, 0.717) is 34.9 Å². The van der Waals surface area contributed by atoms with E-state index in [1.54, 1.807) is 37.3 Å². The van der Waals surface area contributed by atoms with E-state index >= 15 is 0 Å². The number of nitrogens with one attached hydrogen (secondary N) is 2. The fourth-order valence-electron chi connectivity index (χ4n) is 3.56. The van der Waals surface area contributed by atoms with Crippen molar-refractivity contribution in [3.05, 3.63) is 53.6 Å². The van der Waals surface area contributed by atoms with E-state index in [2.05, 4.69) is 10.6 Å². The molecule has 2 aliphatic rings. The molecule has 4 amide bonds. The zero-order valence-electron chi connectivity index (χ0n) is 18.2. The standard InChI is InChI=1S/C23H23N3O7/c1-3-10-31-20(28)14-4-7-16(8-5-14)24-19(27)12-26-21(29)23(2,25-22(26)30)15-6-9-17-18(11-15)33-13-32-17/h4-9,11H,3,10,12-13H2,1-2H3,(H,24,27)(H,25,30). The lowest BCUT2D eigenvalue weighted by Gasteiger charge is -2.22. The van der Waals surface area contributed by atoms with Crippen molar-refractivity contribution in [2.45, 2.75) is 25.8 Å². The van der Waals surface area contributed by atoms with Crippen LogP contribution in [0, 0.1) is 0 Å². The van der Waals surface area contributed by atoms with Gasteiger partial charge in [-0.05, 0) is 55.3 Å². The number of amides is 4. The van der Waals surface area contributed by atoms with Crippen molar-refractivity contribution in [3.63, 3.8) is 0 Å². The van der Waals surface area contributed by atoms with Gasteiger partial charge in [0.2, 0.25) is 12.7 Å². The molecule has 2 aromatic rings. The third-order valence-corrected chi connectivity index (χ3v) is 5.37. The number of benzene rings is 2. The number of rotatable bonds is 7. The van der Waals surface area contributed by atoms with Crippen LogP contribution in [-0.4, -0.2) is 48.7 Å². The van der Waals surface area contributed by atoms with Gasteiger partial charge in [-0.2, -0.15) is 0 Å². The number of fused-ring (bicyclic) bond motifs is 1. The van der Waals surface area contributed by atoms with Gasteiger partial charge in [0.05, 0.1) is 12.2 Å². The number of carbonyl (C=O) groups excluding carboxylic acids is 4. The first-order chi connectivity index (χ1) is 15.8. The quantitative estimate of drug-likeness (QED) is 0.487. The molecule has 0 spiro atoms. The van der Waals surface area contributed by atoms with Crippen molar-refractivity contribution >= 4 is 29.5 Å². The molecule has 2 heterocycles. The molecule has 10 nitrogen and oxygen atoms in total. The molecule has 2 aliphatic heterocycles. The van der Waals surface area contributed by atoms with Crippen molar-refractivity contribution in [2.24, 2.45) is 0 Å². The summed E-state index contributed by atoms with van der Waals surface area (Å²) in [6, 6.07) is 10.4. The molecule has 33 heavy (non-hydrogen) atoms. The van der Waals surface area contributed by atoms with Crippen LogP contribution in [-0.2, 0) is 19.9 Å². The zero-order valence-corrected chi connectivity index (χ0v) is 18.2. The second-order valence-corrected chi connectivity index (χ2v) is 7.78. The molecule has 0 aromatic heterocycles. The average molecular weight is 453 g/mol. The summed E-state index contributed by atoms with van der Waals surface area (Å²) in [6.45, 7) is 3.41. The first kappa shape index (κ1) is 22.1. The van der Waals surface area contributed by atoms with Crippen molar-refractivity contribution in [2.75, 3.05) is 25.3 Å². The Morgan fingerprint density at radius 3 is 2.58 bits per heavy atom. The van der Waals surface area contributed by atoms with Crippen LogP contribution in [0.2, 0.25) is 0 Å². The summed E-state index contributed by atoms with van der Waals surface area (Å²) >= 11 is 0. The van der Waals surface area contributed by atoms with E-state index in [1.165, 1.54) is 12.1 Å². The summed E-state index contributed by atoms with van der Waals surface area (Å²) in [6.07, 6.45) is 0.719. The Balaban J connectivity index is 1.40. The number of hydrogen-bond acceptors (Lipinski definition) is 7. The van der Waals surface area contributed by atoms with Crippen LogP contribution >= 0.6 is 0 Å². The minimum absolute atomic E-state index is 0.0863. The van der Waals surface area contributed by atoms with Crippen LogP contribution in [0.25, 0.3) is 0 Å². The molecule has 0 bridgehead atoms. The Labute approximate surface area is 189 Å². The maximum Gasteiger partial charge on any atom is 0.338 e. The van der Waals surface area contributed by atoms with Gasteiger partial charge in [0, 0.05) is 5.69 Å². The summed E-state index contributed by atoms with van der Waals surface area (Å²) in [5.41, 5.74) is -0.0648. The molecule has 1 fully saturated rings. The Morgan fingerprint density at radius 2 is 1.85 bits per heavy atom. The molecule has 10 heteroatoms. The molecular formula is C23H23N3O7. The molecule has 2 N–H and O–H groups in total. The zero-order chi connectivity index (χ0) is 23.6. The van der Waals surface area contributed by atoms with Crippen molar-refractivity contribution < 1.29 is 33.4 Å². The monoisotopic (exact) mass is 453 g/mol. The average Bonchev–Trinajstić information content (AvgIpc) is 3.36.